The molecule has 0 fully saturated rings. The smallest absolute Gasteiger partial charge is 0 e. The Balaban J connectivity index is -0.000000209. The molecule has 2 radical (unpaired) electrons. The number of carboxylic acid groups (broad SMARTS) is 1. The number of hydrogen-bond acceptors (Lipinski definition) is 1. The zero-order valence-electron chi connectivity index (χ0n) is 9.41. The molecule has 2 nitrogen and oxygen atoms in total. The summed E-state index contributed by atoms with van der Waals surface area (Å²) in [5.74, 6) is -0.833. The average molecular weight is 399 g/mol. The molecule has 0 aliphatic heterocycles. The third kappa shape index (κ3) is 38.3. The number of aliphatic carboxylic acids is 1. The maximum absolute atomic E-state index is 9.00. The van der Waals surface area contributed by atoms with Crippen LogP contribution in [0.1, 0.15) is 46.5 Å². The van der Waals surface area contributed by atoms with Gasteiger partial charge >= 0.3 is 69.5 Å². The summed E-state index contributed by atoms with van der Waals surface area (Å²) in [6.45, 7) is 5.67. The molecule has 0 heterocycles. The van der Waals surface area contributed by atoms with Crippen molar-refractivity contribution in [1.29, 1.82) is 0 Å². The van der Waals surface area contributed by atoms with Gasteiger partial charge in [-0.05, 0) is 0 Å². The van der Waals surface area contributed by atoms with Crippen molar-refractivity contribution in [2.45, 2.75) is 55.3 Å². The monoisotopic (exact) mass is 400 g/mol. The molecule has 0 rings (SSSR count). The molecule has 0 aromatic heterocycles. The topological polar surface area (TPSA) is 37.3 Å². The van der Waals surface area contributed by atoms with Crippen LogP contribution in [0.25, 0.3) is 0 Å². The summed E-state index contributed by atoms with van der Waals surface area (Å²) in [5, 5.41) is 7.42. The summed E-state index contributed by atoms with van der Waals surface area (Å²) in [6, 6.07) is 0. The van der Waals surface area contributed by atoms with E-state index in [0.29, 0.717) is 0 Å². The average Bonchev–Trinajstić information content (AvgIpc) is 2.03. The minimum absolute atomic E-state index is 0. The van der Waals surface area contributed by atoms with Crippen LogP contribution in [-0.4, -0.2) is 32.2 Å². The molecule has 0 saturated carbocycles. The van der Waals surface area contributed by atoms with E-state index in [1.807, 2.05) is 0 Å². The SMILES string of the molecule is CC(=O)O.CCC[CH2][Sn][CH2]CCC.[Pd]. The van der Waals surface area contributed by atoms with Gasteiger partial charge in [-0.1, -0.05) is 0 Å². The van der Waals surface area contributed by atoms with E-state index < -0.39 is 5.97 Å². The van der Waals surface area contributed by atoms with E-state index in [-0.39, 0.29) is 41.6 Å². The van der Waals surface area contributed by atoms with Crippen molar-refractivity contribution in [2.24, 2.45) is 0 Å². The molecule has 0 spiro atoms. The van der Waals surface area contributed by atoms with Crippen LogP contribution >= 0.6 is 0 Å². The van der Waals surface area contributed by atoms with Crippen molar-refractivity contribution in [1.82, 2.24) is 0 Å². The number of hydrogen-bond donors (Lipinski definition) is 1. The fourth-order valence-electron chi connectivity index (χ4n) is 0.729. The first kappa shape index (κ1) is 20.4. The number of carbonyl (C=O) groups is 1. The van der Waals surface area contributed by atoms with Gasteiger partial charge < -0.3 is 5.11 Å². The van der Waals surface area contributed by atoms with Crippen LogP contribution in [0, 0.1) is 0 Å². The fraction of sp³-hybridized carbons (Fsp3) is 0.900. The predicted octanol–water partition coefficient (Wildman–Crippen LogP) is 3.22. The van der Waals surface area contributed by atoms with E-state index in [1.54, 1.807) is 8.87 Å². The third-order valence-corrected chi connectivity index (χ3v) is 5.45. The molecule has 0 atom stereocenters. The molecule has 0 amide bonds. The molecule has 0 aliphatic carbocycles. The molecule has 14 heavy (non-hydrogen) atoms. The van der Waals surface area contributed by atoms with Gasteiger partial charge in [0.25, 0.3) is 5.97 Å². The van der Waals surface area contributed by atoms with Gasteiger partial charge in [0.1, 0.15) is 0 Å². The zero-order valence-corrected chi connectivity index (χ0v) is 13.8. The van der Waals surface area contributed by atoms with Crippen molar-refractivity contribution in [3.8, 4) is 0 Å². The summed E-state index contributed by atoms with van der Waals surface area (Å²) in [4.78, 5) is 9.00. The summed E-state index contributed by atoms with van der Waals surface area (Å²) in [6.07, 6.45) is 5.84. The van der Waals surface area contributed by atoms with Gasteiger partial charge in [0, 0.05) is 27.3 Å². The van der Waals surface area contributed by atoms with E-state index in [4.69, 9.17) is 9.90 Å². The first-order valence-electron chi connectivity index (χ1n) is 5.05. The Morgan fingerprint density at radius 1 is 1.14 bits per heavy atom. The number of carboxylic acids is 1. The van der Waals surface area contributed by atoms with Crippen LogP contribution in [0.5, 0.6) is 0 Å². The normalized spacial score (nSPS) is 8.21. The molecule has 0 aromatic rings. The Morgan fingerprint density at radius 2 is 1.43 bits per heavy atom. The second-order valence-electron chi connectivity index (χ2n) is 2.98. The van der Waals surface area contributed by atoms with Gasteiger partial charge in [0.15, 0.2) is 0 Å². The van der Waals surface area contributed by atoms with E-state index in [9.17, 15) is 0 Å². The maximum atomic E-state index is 9.00. The number of unbranched alkanes of at least 4 members (excludes halogenated alkanes) is 2. The van der Waals surface area contributed by atoms with Gasteiger partial charge in [-0.15, -0.1) is 0 Å². The van der Waals surface area contributed by atoms with Gasteiger partial charge in [-0.2, -0.15) is 0 Å². The van der Waals surface area contributed by atoms with Crippen molar-refractivity contribution in [2.75, 3.05) is 0 Å². The molecular weight excluding hydrogens is 377 g/mol. The molecule has 88 valence electrons. The Hall–Kier alpha value is 0.931. The van der Waals surface area contributed by atoms with E-state index >= 15 is 0 Å². The minimum atomic E-state index is -0.833. The van der Waals surface area contributed by atoms with E-state index in [2.05, 4.69) is 13.8 Å². The standard InChI is InChI=1S/2C4H9.C2H4O2.Pd.Sn/c2*1-3-4-2;1-2(3)4;;/h2*1,3-4H2,2H3;1H3,(H,3,4);;. The molecule has 0 bridgehead atoms. The maximum Gasteiger partial charge on any atom is 0 e. The zero-order chi connectivity index (χ0) is 10.5. The van der Waals surface area contributed by atoms with Crippen molar-refractivity contribution in [3.63, 3.8) is 0 Å². The van der Waals surface area contributed by atoms with Gasteiger partial charge in [0.05, 0.1) is 0 Å². The minimum Gasteiger partial charge on any atom is 0 e. The summed E-state index contributed by atoms with van der Waals surface area (Å²) >= 11 is 0.149. The molecular formula is C10H22O2PdSn. The Morgan fingerprint density at radius 3 is 1.64 bits per heavy atom. The van der Waals surface area contributed by atoms with Crippen LogP contribution in [0.15, 0.2) is 0 Å². The van der Waals surface area contributed by atoms with Crippen molar-refractivity contribution >= 4 is 27.1 Å². The molecule has 1 N–H and O–H groups in total. The second kappa shape index (κ2) is 19.5. The number of rotatable bonds is 6. The Kier molecular flexibility index (Phi) is 28.3. The van der Waals surface area contributed by atoms with Crippen molar-refractivity contribution < 1.29 is 30.3 Å². The molecule has 0 saturated heterocycles. The van der Waals surface area contributed by atoms with E-state index in [0.717, 1.165) is 6.92 Å². The molecule has 4 heteroatoms. The van der Waals surface area contributed by atoms with Crippen molar-refractivity contribution in [3.05, 3.63) is 0 Å². The van der Waals surface area contributed by atoms with Crippen LogP contribution in [0.3, 0.4) is 0 Å². The van der Waals surface area contributed by atoms with Crippen LogP contribution < -0.4 is 0 Å². The first-order chi connectivity index (χ1) is 6.15. The molecule has 0 unspecified atom stereocenters. The van der Waals surface area contributed by atoms with E-state index in [1.165, 1.54) is 25.7 Å². The second-order valence-corrected chi connectivity index (χ2v) is 7.26. The van der Waals surface area contributed by atoms with Gasteiger partial charge in [0.2, 0.25) is 0 Å². The summed E-state index contributed by atoms with van der Waals surface area (Å²) in [5.41, 5.74) is 0. The third-order valence-electron chi connectivity index (χ3n) is 1.41. The fourth-order valence-corrected chi connectivity index (χ4v) is 4.89. The van der Waals surface area contributed by atoms with Crippen LogP contribution in [0.4, 0.5) is 0 Å². The predicted molar refractivity (Wildman–Crippen MR) is 58.5 cm³/mol. The molecule has 0 aliphatic rings. The first-order valence-corrected chi connectivity index (χ1v) is 9.09. The van der Waals surface area contributed by atoms with Crippen LogP contribution in [0.2, 0.25) is 8.87 Å². The quantitative estimate of drug-likeness (QED) is 0.550. The molecule has 0 aromatic carbocycles. The van der Waals surface area contributed by atoms with Crippen LogP contribution in [-0.2, 0) is 25.2 Å². The largest absolute Gasteiger partial charge is 0 e. The van der Waals surface area contributed by atoms with Gasteiger partial charge in [-0.25, -0.2) is 0 Å². The summed E-state index contributed by atoms with van der Waals surface area (Å²) < 4.78 is 3.25. The Labute approximate surface area is 112 Å². The Bertz CT molecular complexity index is 100. The van der Waals surface area contributed by atoms with Gasteiger partial charge in [-0.3, -0.25) is 4.79 Å². The summed E-state index contributed by atoms with van der Waals surface area (Å²) in [7, 11) is 0.